The molecule has 0 atom stereocenters. The average molecular weight is 1220 g/mol. The monoisotopic (exact) mass is 1220 g/mol. The third-order valence-electron chi connectivity index (χ3n) is 4.93. The van der Waals surface area contributed by atoms with Crippen molar-refractivity contribution in [2.24, 2.45) is 0 Å². The van der Waals surface area contributed by atoms with Crippen LogP contribution in [0.1, 0.15) is 20.7 Å². The Balaban J connectivity index is 1.65. The van der Waals surface area contributed by atoms with Gasteiger partial charge in [0, 0.05) is 32.0 Å². The van der Waals surface area contributed by atoms with Crippen LogP contribution in [0.25, 0.3) is 0 Å². The summed E-state index contributed by atoms with van der Waals surface area (Å²) in [6.45, 7) is 1.55. The predicted octanol–water partition coefficient (Wildman–Crippen LogP) is 7.31. The first-order valence-electron chi connectivity index (χ1n) is 10.3. The van der Waals surface area contributed by atoms with Crippen molar-refractivity contribution >= 4 is 169 Å². The van der Waals surface area contributed by atoms with Crippen LogP contribution in [-0.2, 0) is 9.47 Å². The van der Waals surface area contributed by atoms with E-state index in [1.54, 1.807) is 0 Å². The molecule has 0 aromatic heterocycles. The Bertz CT molecular complexity index is 1210. The highest BCUT2D eigenvalue weighted by molar-refractivity contribution is 14.1. The molecular weight excluding hydrogens is 1210 g/mol. The van der Waals surface area contributed by atoms with Crippen LogP contribution in [0.4, 0.5) is 5.69 Å². The van der Waals surface area contributed by atoms with Gasteiger partial charge in [-0.25, -0.2) is 9.59 Å². The summed E-state index contributed by atoms with van der Waals surface area (Å²) >= 11 is 16.7. The third kappa shape index (κ3) is 9.23. The van der Waals surface area contributed by atoms with E-state index < -0.39 is 0 Å². The molecule has 0 radical (unpaired) electrons. The van der Waals surface area contributed by atoms with Crippen molar-refractivity contribution in [3.63, 3.8) is 0 Å². The highest BCUT2D eigenvalue weighted by Gasteiger charge is 2.20. The van der Waals surface area contributed by atoms with E-state index in [0.29, 0.717) is 24.2 Å². The molecule has 0 unspecified atom stereocenters. The SMILES string of the molecule is O=C(OCC[NH+](CCOC(=O)c1cc(I)cc(I)c1I)c1cccc(Br)c1)c1cc(I)cc(I)c1I. The highest BCUT2D eigenvalue weighted by atomic mass is 127. The van der Waals surface area contributed by atoms with E-state index in [1.165, 1.54) is 0 Å². The van der Waals surface area contributed by atoms with Gasteiger partial charge in [-0.2, -0.15) is 0 Å². The van der Waals surface area contributed by atoms with Gasteiger partial charge in [-0.15, -0.1) is 0 Å². The van der Waals surface area contributed by atoms with E-state index in [2.05, 4.69) is 151 Å². The fourth-order valence-electron chi connectivity index (χ4n) is 3.22. The van der Waals surface area contributed by atoms with Crippen molar-refractivity contribution in [2.75, 3.05) is 26.3 Å². The van der Waals surface area contributed by atoms with Crippen LogP contribution < -0.4 is 4.90 Å². The number of esters is 2. The smallest absolute Gasteiger partial charge is 0.339 e. The van der Waals surface area contributed by atoms with Crippen molar-refractivity contribution in [1.29, 1.82) is 0 Å². The molecule has 1 N–H and O–H groups in total. The summed E-state index contributed by atoms with van der Waals surface area (Å²) < 4.78 is 18.1. The number of quaternary nitrogens is 1. The van der Waals surface area contributed by atoms with Crippen LogP contribution in [0.3, 0.4) is 0 Å². The summed E-state index contributed by atoms with van der Waals surface area (Å²) in [5, 5.41) is 0. The second kappa shape index (κ2) is 15.4. The second-order valence-corrected chi connectivity index (χ2v) is 15.3. The van der Waals surface area contributed by atoms with Crippen LogP contribution in [0, 0.1) is 21.4 Å². The lowest BCUT2D eigenvalue weighted by Crippen LogP contribution is -3.08. The molecule has 0 aliphatic carbocycles. The van der Waals surface area contributed by atoms with Gasteiger partial charge < -0.3 is 9.47 Å². The van der Waals surface area contributed by atoms with Crippen molar-refractivity contribution in [2.45, 2.75) is 0 Å². The predicted molar refractivity (Wildman–Crippen MR) is 194 cm³/mol. The number of rotatable bonds is 9. The van der Waals surface area contributed by atoms with E-state index >= 15 is 0 Å². The van der Waals surface area contributed by atoms with Gasteiger partial charge in [0.25, 0.3) is 0 Å². The average Bonchev–Trinajstić information content (AvgIpc) is 2.82. The lowest BCUT2D eigenvalue weighted by atomic mass is 10.2. The lowest BCUT2D eigenvalue weighted by Gasteiger charge is -2.19. The number of hydrogen-bond acceptors (Lipinski definition) is 4. The van der Waals surface area contributed by atoms with Gasteiger partial charge in [-0.1, -0.05) is 22.0 Å². The molecule has 3 rings (SSSR count). The summed E-state index contributed by atoms with van der Waals surface area (Å²) in [5.74, 6) is -0.669. The molecule has 0 saturated carbocycles. The molecule has 12 heteroatoms. The van der Waals surface area contributed by atoms with Crippen molar-refractivity contribution in [1.82, 2.24) is 0 Å². The zero-order valence-electron chi connectivity index (χ0n) is 18.2. The van der Waals surface area contributed by atoms with Gasteiger partial charge in [0.05, 0.1) is 11.1 Å². The molecule has 5 nitrogen and oxygen atoms in total. The number of benzene rings is 3. The lowest BCUT2D eigenvalue weighted by molar-refractivity contribution is -0.833. The minimum absolute atomic E-state index is 0.236. The molecule has 0 aliphatic heterocycles. The zero-order chi connectivity index (χ0) is 26.4. The van der Waals surface area contributed by atoms with Gasteiger partial charge in [0.1, 0.15) is 32.0 Å². The Labute approximate surface area is 299 Å². The molecule has 0 bridgehead atoms. The maximum atomic E-state index is 12.8. The van der Waals surface area contributed by atoms with Crippen LogP contribution >= 0.6 is 151 Å². The Hall–Kier alpha value is 1.42. The minimum Gasteiger partial charge on any atom is -0.456 e. The van der Waals surface area contributed by atoms with Crippen LogP contribution in [0.15, 0.2) is 53.0 Å². The number of carbonyl (C=O) groups is 2. The summed E-state index contributed by atoms with van der Waals surface area (Å²) in [5.41, 5.74) is 2.17. The molecule has 3 aromatic rings. The molecule has 0 saturated heterocycles. The summed E-state index contributed by atoms with van der Waals surface area (Å²) in [6.07, 6.45) is 0. The van der Waals surface area contributed by atoms with Crippen LogP contribution in [0.2, 0.25) is 0 Å². The standard InChI is InChI=1S/C24H16BrI6NO4/c25-13-2-1-3-16(8-13)32(4-6-35-23(33)17-9-14(26)11-19(28)21(17)30)5-7-36-24(34)18-10-15(27)12-20(29)22(18)31/h1-3,8-12H,4-7H2/p+1. The van der Waals surface area contributed by atoms with E-state index in [-0.39, 0.29) is 25.2 Å². The normalized spacial score (nSPS) is 11.0. The van der Waals surface area contributed by atoms with E-state index in [9.17, 15) is 9.59 Å². The summed E-state index contributed by atoms with van der Waals surface area (Å²) in [4.78, 5) is 26.6. The zero-order valence-corrected chi connectivity index (χ0v) is 32.8. The largest absolute Gasteiger partial charge is 0.456 e. The molecule has 0 spiro atoms. The number of hydrogen-bond donors (Lipinski definition) is 1. The third-order valence-corrected chi connectivity index (χ3v) is 12.8. The fourth-order valence-corrected chi connectivity index (χ4v) is 8.37. The first-order chi connectivity index (χ1) is 17.1. The van der Waals surface area contributed by atoms with Crippen molar-refractivity contribution in [3.05, 3.63) is 85.6 Å². The molecular formula is C24H17BrI6NO4+. The van der Waals surface area contributed by atoms with Gasteiger partial charge in [-0.3, -0.25) is 4.90 Å². The fraction of sp³-hybridized carbons (Fsp3) is 0.167. The molecule has 36 heavy (non-hydrogen) atoms. The van der Waals surface area contributed by atoms with Crippen molar-refractivity contribution in [3.8, 4) is 0 Å². The number of nitrogens with one attached hydrogen (secondary N) is 1. The molecule has 0 amide bonds. The Morgan fingerprint density at radius 1 is 0.722 bits per heavy atom. The van der Waals surface area contributed by atoms with E-state index in [0.717, 1.165) is 36.5 Å². The Morgan fingerprint density at radius 3 is 1.64 bits per heavy atom. The maximum Gasteiger partial charge on any atom is 0.339 e. The molecule has 190 valence electrons. The van der Waals surface area contributed by atoms with E-state index in [4.69, 9.17) is 9.47 Å². The highest BCUT2D eigenvalue weighted by Crippen LogP contribution is 2.24. The van der Waals surface area contributed by atoms with E-state index in [1.807, 2.05) is 48.5 Å². The minimum atomic E-state index is -0.335. The molecule has 0 fully saturated rings. The second-order valence-electron chi connectivity index (χ2n) is 7.38. The van der Waals surface area contributed by atoms with Gasteiger partial charge in [0.15, 0.2) is 0 Å². The Kier molecular flexibility index (Phi) is 13.7. The number of carbonyl (C=O) groups excluding carboxylic acids is 2. The summed E-state index contributed by atoms with van der Waals surface area (Å²) in [6, 6.07) is 15.7. The Morgan fingerprint density at radius 2 is 1.19 bits per heavy atom. The van der Waals surface area contributed by atoms with Gasteiger partial charge in [0.2, 0.25) is 0 Å². The van der Waals surface area contributed by atoms with Gasteiger partial charge >= 0.3 is 11.9 Å². The molecule has 0 aliphatic rings. The quantitative estimate of drug-likeness (QED) is 0.139. The first kappa shape index (κ1) is 31.9. The number of halogens is 7. The van der Waals surface area contributed by atoms with Crippen LogP contribution in [0.5, 0.6) is 0 Å². The summed E-state index contributed by atoms with van der Waals surface area (Å²) in [7, 11) is 0. The van der Waals surface area contributed by atoms with Crippen LogP contribution in [-0.4, -0.2) is 38.2 Å². The van der Waals surface area contributed by atoms with Gasteiger partial charge in [-0.05, 0) is 172 Å². The topological polar surface area (TPSA) is 57.0 Å². The molecule has 3 aromatic carbocycles. The number of ether oxygens (including phenoxy) is 2. The maximum absolute atomic E-state index is 12.8. The first-order valence-corrected chi connectivity index (χ1v) is 17.6. The molecule has 0 heterocycles. The van der Waals surface area contributed by atoms with Crippen molar-refractivity contribution < 1.29 is 24.0 Å².